The van der Waals surface area contributed by atoms with E-state index in [0.717, 1.165) is 0 Å². The predicted molar refractivity (Wildman–Crippen MR) is 45.3 cm³/mol. The van der Waals surface area contributed by atoms with Crippen LogP contribution in [-0.4, -0.2) is 43.0 Å². The number of carbonyl (C=O) groups is 1. The van der Waals surface area contributed by atoms with E-state index in [9.17, 15) is 9.90 Å². The second-order valence-electron chi connectivity index (χ2n) is 2.90. The first kappa shape index (κ1) is 10.8. The second kappa shape index (κ2) is 4.80. The Morgan fingerprint density at radius 3 is 3.14 bits per heavy atom. The molecule has 1 rings (SSSR count). The predicted octanol–water partition coefficient (Wildman–Crippen LogP) is -0.0119. The summed E-state index contributed by atoms with van der Waals surface area (Å²) in [6, 6.07) is 0. The van der Waals surface area contributed by atoms with Gasteiger partial charge in [0.2, 0.25) is 0 Å². The van der Waals surface area contributed by atoms with Gasteiger partial charge in [-0.15, -0.1) is 0 Å². The topological polar surface area (TPSA) is 105 Å². The van der Waals surface area contributed by atoms with E-state index in [0.29, 0.717) is 0 Å². The summed E-state index contributed by atoms with van der Waals surface area (Å²) in [6.45, 7) is 0.0190. The van der Waals surface area contributed by atoms with Crippen LogP contribution in [0.3, 0.4) is 0 Å². The van der Waals surface area contributed by atoms with Crippen molar-refractivity contribution in [1.82, 2.24) is 0 Å². The Balaban J connectivity index is 2.50. The molecule has 0 unspecified atom stereocenters. The number of nitrogens with zero attached hydrogens (tertiary/aromatic N) is 3. The third-order valence-corrected chi connectivity index (χ3v) is 2.01. The highest BCUT2D eigenvalue weighted by atomic mass is 16.6. The summed E-state index contributed by atoms with van der Waals surface area (Å²) in [6.07, 6.45) is -1.98. The molecular formula is C7H11N3O4. The molecule has 7 heteroatoms. The van der Waals surface area contributed by atoms with Gasteiger partial charge in [-0.2, -0.15) is 0 Å². The first-order valence-corrected chi connectivity index (χ1v) is 4.11. The molecule has 0 aliphatic carbocycles. The monoisotopic (exact) mass is 201 g/mol. The lowest BCUT2D eigenvalue weighted by Crippen LogP contribution is -2.25. The van der Waals surface area contributed by atoms with Gasteiger partial charge < -0.3 is 14.6 Å². The SMILES string of the molecule is COC(=O)[C@H]1C[C@H](O)[C@H](CN=[N+]=[N-])O1. The summed E-state index contributed by atoms with van der Waals surface area (Å²) in [5.74, 6) is -0.521. The normalized spacial score (nSPS) is 30.9. The van der Waals surface area contributed by atoms with Gasteiger partial charge in [-0.25, -0.2) is 4.79 Å². The number of carbonyl (C=O) groups excluding carboxylic acids is 1. The molecule has 1 heterocycles. The standard InChI is InChI=1S/C7H11N3O4/c1-13-7(12)5-2-4(11)6(14-5)3-9-10-8/h4-6,11H,2-3H2,1H3/t4-,5+,6-/m0/s1. The number of rotatable bonds is 3. The zero-order valence-corrected chi connectivity index (χ0v) is 7.66. The summed E-state index contributed by atoms with van der Waals surface area (Å²) >= 11 is 0. The lowest BCUT2D eigenvalue weighted by atomic mass is 10.1. The van der Waals surface area contributed by atoms with Gasteiger partial charge in [0.25, 0.3) is 0 Å². The van der Waals surface area contributed by atoms with E-state index >= 15 is 0 Å². The van der Waals surface area contributed by atoms with Crippen LogP contribution >= 0.6 is 0 Å². The highest BCUT2D eigenvalue weighted by Crippen LogP contribution is 2.21. The van der Waals surface area contributed by atoms with Crippen molar-refractivity contribution in [2.75, 3.05) is 13.7 Å². The van der Waals surface area contributed by atoms with Gasteiger partial charge in [-0.3, -0.25) is 0 Å². The molecule has 0 radical (unpaired) electrons. The Hall–Kier alpha value is -1.30. The number of aliphatic hydroxyl groups is 1. The van der Waals surface area contributed by atoms with Gasteiger partial charge in [0.05, 0.1) is 25.9 Å². The van der Waals surface area contributed by atoms with E-state index in [1.54, 1.807) is 0 Å². The Morgan fingerprint density at radius 2 is 2.57 bits per heavy atom. The molecule has 7 nitrogen and oxygen atoms in total. The summed E-state index contributed by atoms with van der Waals surface area (Å²) in [4.78, 5) is 13.6. The van der Waals surface area contributed by atoms with E-state index in [4.69, 9.17) is 10.3 Å². The number of hydrogen-bond acceptors (Lipinski definition) is 5. The van der Waals surface area contributed by atoms with Crippen LogP contribution in [0.4, 0.5) is 0 Å². The van der Waals surface area contributed by atoms with Gasteiger partial charge in [-0.1, -0.05) is 5.11 Å². The van der Waals surface area contributed by atoms with Gasteiger partial charge in [0.1, 0.15) is 0 Å². The first-order chi connectivity index (χ1) is 6.69. The third kappa shape index (κ3) is 2.35. The minimum absolute atomic E-state index is 0.0190. The summed E-state index contributed by atoms with van der Waals surface area (Å²) < 4.78 is 9.60. The van der Waals surface area contributed by atoms with Gasteiger partial charge in [-0.05, 0) is 5.53 Å². The van der Waals surface area contributed by atoms with Crippen molar-refractivity contribution in [2.24, 2.45) is 5.11 Å². The molecule has 0 bridgehead atoms. The molecule has 0 aromatic carbocycles. The van der Waals surface area contributed by atoms with Crippen LogP contribution in [0.2, 0.25) is 0 Å². The number of methoxy groups -OCH3 is 1. The molecule has 1 fully saturated rings. The molecule has 0 amide bonds. The fourth-order valence-electron chi connectivity index (χ4n) is 1.29. The van der Waals surface area contributed by atoms with E-state index in [1.807, 2.05) is 0 Å². The molecule has 1 aliphatic rings. The van der Waals surface area contributed by atoms with E-state index in [2.05, 4.69) is 14.8 Å². The van der Waals surface area contributed by atoms with Gasteiger partial charge in [0, 0.05) is 11.3 Å². The zero-order valence-electron chi connectivity index (χ0n) is 7.66. The average Bonchev–Trinajstić information content (AvgIpc) is 2.56. The number of hydrogen-bond donors (Lipinski definition) is 1. The Kier molecular flexibility index (Phi) is 3.70. The zero-order chi connectivity index (χ0) is 10.6. The van der Waals surface area contributed by atoms with Crippen LogP contribution in [0.15, 0.2) is 5.11 Å². The second-order valence-corrected chi connectivity index (χ2v) is 2.90. The largest absolute Gasteiger partial charge is 0.467 e. The summed E-state index contributed by atoms with van der Waals surface area (Å²) in [7, 11) is 1.25. The molecule has 1 N–H and O–H groups in total. The highest BCUT2D eigenvalue weighted by Gasteiger charge is 2.37. The van der Waals surface area contributed by atoms with E-state index < -0.39 is 24.3 Å². The van der Waals surface area contributed by atoms with Crippen molar-refractivity contribution in [3.63, 3.8) is 0 Å². The number of aliphatic hydroxyl groups excluding tert-OH is 1. The maximum atomic E-state index is 11.0. The smallest absolute Gasteiger partial charge is 0.335 e. The quantitative estimate of drug-likeness (QED) is 0.300. The molecule has 0 aromatic heterocycles. The fraction of sp³-hybridized carbons (Fsp3) is 0.857. The lowest BCUT2D eigenvalue weighted by Gasteiger charge is -2.10. The minimum Gasteiger partial charge on any atom is -0.467 e. The Bertz CT molecular complexity index is 264. The fourth-order valence-corrected chi connectivity index (χ4v) is 1.29. The van der Waals surface area contributed by atoms with Crippen molar-refractivity contribution in [3.8, 4) is 0 Å². The van der Waals surface area contributed by atoms with E-state index in [1.165, 1.54) is 7.11 Å². The molecule has 14 heavy (non-hydrogen) atoms. The number of esters is 1. The van der Waals surface area contributed by atoms with Crippen molar-refractivity contribution in [1.29, 1.82) is 0 Å². The van der Waals surface area contributed by atoms with Gasteiger partial charge >= 0.3 is 5.97 Å². The maximum absolute atomic E-state index is 11.0. The highest BCUT2D eigenvalue weighted by molar-refractivity contribution is 5.74. The third-order valence-electron chi connectivity index (χ3n) is 2.01. The summed E-state index contributed by atoms with van der Waals surface area (Å²) in [5.41, 5.74) is 8.06. The molecule has 78 valence electrons. The van der Waals surface area contributed by atoms with Crippen LogP contribution < -0.4 is 0 Å². The van der Waals surface area contributed by atoms with Crippen LogP contribution in [0.5, 0.6) is 0 Å². The molecular weight excluding hydrogens is 190 g/mol. The minimum atomic E-state index is -0.787. The van der Waals surface area contributed by atoms with E-state index in [-0.39, 0.29) is 13.0 Å². The van der Waals surface area contributed by atoms with Crippen LogP contribution in [-0.2, 0) is 14.3 Å². The lowest BCUT2D eigenvalue weighted by molar-refractivity contribution is -0.153. The molecule has 1 aliphatic heterocycles. The van der Waals surface area contributed by atoms with Crippen molar-refractivity contribution in [2.45, 2.75) is 24.7 Å². The summed E-state index contributed by atoms with van der Waals surface area (Å²) in [5, 5.41) is 12.7. The van der Waals surface area contributed by atoms with Crippen molar-refractivity contribution in [3.05, 3.63) is 10.4 Å². The van der Waals surface area contributed by atoms with Crippen molar-refractivity contribution < 1.29 is 19.4 Å². The average molecular weight is 201 g/mol. The molecule has 0 saturated carbocycles. The first-order valence-electron chi connectivity index (χ1n) is 4.11. The molecule has 3 atom stereocenters. The maximum Gasteiger partial charge on any atom is 0.335 e. The number of ether oxygens (including phenoxy) is 2. The Labute approximate surface area is 80.2 Å². The number of azide groups is 1. The van der Waals surface area contributed by atoms with Crippen LogP contribution in [0.25, 0.3) is 10.4 Å². The van der Waals surface area contributed by atoms with Gasteiger partial charge in [0.15, 0.2) is 6.10 Å². The van der Waals surface area contributed by atoms with Crippen LogP contribution in [0, 0.1) is 0 Å². The molecule has 0 aromatic rings. The van der Waals surface area contributed by atoms with Crippen molar-refractivity contribution >= 4 is 5.97 Å². The van der Waals surface area contributed by atoms with Crippen LogP contribution in [0.1, 0.15) is 6.42 Å². The molecule has 1 saturated heterocycles. The Morgan fingerprint density at radius 1 is 1.86 bits per heavy atom. The molecule has 0 spiro atoms.